The van der Waals surface area contributed by atoms with Crippen molar-refractivity contribution in [2.45, 2.75) is 6.92 Å². The predicted molar refractivity (Wildman–Crippen MR) is 76.6 cm³/mol. The van der Waals surface area contributed by atoms with Gasteiger partial charge in [0.2, 0.25) is 0 Å². The number of aromatic nitrogens is 1. The summed E-state index contributed by atoms with van der Waals surface area (Å²) in [7, 11) is 1.56. The molecule has 0 radical (unpaired) electrons. The molecule has 2 rings (SSSR count). The lowest BCUT2D eigenvalue weighted by Crippen LogP contribution is -2.07. The van der Waals surface area contributed by atoms with E-state index in [1.54, 1.807) is 7.11 Å². The molecule has 4 N–H and O–H groups in total. The van der Waals surface area contributed by atoms with Crippen LogP contribution in [0.1, 0.15) is 15.9 Å². The summed E-state index contributed by atoms with van der Waals surface area (Å²) in [4.78, 5) is 15.1. The van der Waals surface area contributed by atoms with Crippen molar-refractivity contribution in [1.29, 1.82) is 0 Å². The van der Waals surface area contributed by atoms with E-state index < -0.39 is 5.97 Å². The van der Waals surface area contributed by atoms with Gasteiger partial charge in [-0.3, -0.25) is 0 Å². The Hall–Kier alpha value is -2.76. The zero-order chi connectivity index (χ0) is 14.7. The Labute approximate surface area is 116 Å². The molecular weight excluding hydrogens is 258 g/mol. The third-order valence-electron chi connectivity index (χ3n) is 2.83. The van der Waals surface area contributed by atoms with Crippen molar-refractivity contribution in [2.75, 3.05) is 18.2 Å². The summed E-state index contributed by atoms with van der Waals surface area (Å²) in [5.74, 6) is -0.185. The van der Waals surface area contributed by atoms with Crippen LogP contribution in [0, 0.1) is 6.92 Å². The molecule has 104 valence electrons. The van der Waals surface area contributed by atoms with Gasteiger partial charge in [-0.25, -0.2) is 9.78 Å². The van der Waals surface area contributed by atoms with Gasteiger partial charge >= 0.3 is 5.97 Å². The minimum absolute atomic E-state index is 0.00844. The van der Waals surface area contributed by atoms with Crippen LogP contribution in [0.3, 0.4) is 0 Å². The van der Waals surface area contributed by atoms with Crippen molar-refractivity contribution in [2.24, 2.45) is 0 Å². The summed E-state index contributed by atoms with van der Waals surface area (Å²) in [6.45, 7) is 1.94. The molecular formula is C14H15N3O3. The minimum Gasteiger partial charge on any atom is -0.495 e. The highest BCUT2D eigenvalue weighted by Gasteiger charge is 2.13. The summed E-state index contributed by atoms with van der Waals surface area (Å²) in [6, 6.07) is 6.95. The quantitative estimate of drug-likeness (QED) is 0.791. The van der Waals surface area contributed by atoms with Gasteiger partial charge < -0.3 is 20.9 Å². The number of hydrogen-bond acceptors (Lipinski definition) is 5. The standard InChI is InChI=1S/C14H15N3O3/c1-8-3-4-11(20-2)10(7-8)17-13-12(15)9(14(18)19)5-6-16-13/h3-7H,15H2,1-2H3,(H,16,17)(H,18,19). The molecule has 0 aliphatic carbocycles. The van der Waals surface area contributed by atoms with Crippen molar-refractivity contribution >= 4 is 23.2 Å². The molecule has 0 saturated carbocycles. The van der Waals surface area contributed by atoms with E-state index in [-0.39, 0.29) is 17.1 Å². The molecule has 1 heterocycles. The van der Waals surface area contributed by atoms with Gasteiger partial charge in [0, 0.05) is 6.20 Å². The molecule has 6 nitrogen and oxygen atoms in total. The largest absolute Gasteiger partial charge is 0.495 e. The molecule has 0 unspecified atom stereocenters. The molecule has 0 spiro atoms. The maximum Gasteiger partial charge on any atom is 0.337 e. The Morgan fingerprint density at radius 1 is 1.40 bits per heavy atom. The number of aromatic carboxylic acids is 1. The van der Waals surface area contributed by atoms with Crippen molar-refractivity contribution in [3.8, 4) is 5.75 Å². The first kappa shape index (κ1) is 13.7. The second-order valence-electron chi connectivity index (χ2n) is 4.25. The molecule has 0 atom stereocenters. The lowest BCUT2D eigenvalue weighted by Gasteiger charge is -2.13. The number of pyridine rings is 1. The third kappa shape index (κ3) is 2.64. The molecule has 20 heavy (non-hydrogen) atoms. The molecule has 1 aromatic heterocycles. The second-order valence-corrected chi connectivity index (χ2v) is 4.25. The Kier molecular flexibility index (Phi) is 3.74. The number of carboxylic acids is 1. The molecule has 0 aliphatic heterocycles. The van der Waals surface area contributed by atoms with E-state index in [0.717, 1.165) is 5.56 Å². The Morgan fingerprint density at radius 2 is 2.15 bits per heavy atom. The van der Waals surface area contributed by atoms with Crippen LogP contribution in [0.15, 0.2) is 30.5 Å². The smallest absolute Gasteiger partial charge is 0.337 e. The summed E-state index contributed by atoms with van der Waals surface area (Å²) in [5.41, 5.74) is 7.61. The third-order valence-corrected chi connectivity index (χ3v) is 2.83. The van der Waals surface area contributed by atoms with Crippen LogP contribution < -0.4 is 15.8 Å². The number of rotatable bonds is 4. The van der Waals surface area contributed by atoms with Crippen molar-refractivity contribution in [1.82, 2.24) is 4.98 Å². The fraction of sp³-hybridized carbons (Fsp3) is 0.143. The number of carbonyl (C=O) groups is 1. The normalized spacial score (nSPS) is 10.1. The maximum absolute atomic E-state index is 11.0. The minimum atomic E-state index is -1.09. The van der Waals surface area contributed by atoms with Crippen LogP contribution >= 0.6 is 0 Å². The number of methoxy groups -OCH3 is 1. The van der Waals surface area contributed by atoms with E-state index in [9.17, 15) is 4.79 Å². The highest BCUT2D eigenvalue weighted by atomic mass is 16.5. The summed E-state index contributed by atoms with van der Waals surface area (Å²) >= 11 is 0. The number of nitrogen functional groups attached to an aromatic ring is 1. The maximum atomic E-state index is 11.0. The van der Waals surface area contributed by atoms with Crippen LogP contribution in [0.2, 0.25) is 0 Å². The molecule has 1 aromatic carbocycles. The fourth-order valence-corrected chi connectivity index (χ4v) is 1.81. The van der Waals surface area contributed by atoms with Crippen molar-refractivity contribution < 1.29 is 14.6 Å². The molecule has 0 amide bonds. The predicted octanol–water partition coefficient (Wildman–Crippen LogP) is 2.42. The van der Waals surface area contributed by atoms with Gasteiger partial charge in [-0.05, 0) is 30.7 Å². The molecule has 0 fully saturated rings. The number of ether oxygens (including phenoxy) is 1. The number of anilines is 3. The van der Waals surface area contributed by atoms with Crippen LogP contribution in [-0.2, 0) is 0 Å². The highest BCUT2D eigenvalue weighted by Crippen LogP contribution is 2.30. The first-order chi connectivity index (χ1) is 9.52. The SMILES string of the molecule is COc1ccc(C)cc1Nc1nccc(C(=O)O)c1N. The van der Waals surface area contributed by atoms with Gasteiger partial charge in [-0.2, -0.15) is 0 Å². The molecule has 0 bridgehead atoms. The monoisotopic (exact) mass is 273 g/mol. The first-order valence-corrected chi connectivity index (χ1v) is 5.92. The number of benzene rings is 1. The second kappa shape index (κ2) is 5.48. The molecule has 0 aliphatic rings. The van der Waals surface area contributed by atoms with Crippen LogP contribution in [0.4, 0.5) is 17.2 Å². The van der Waals surface area contributed by atoms with Gasteiger partial charge in [0.1, 0.15) is 5.75 Å². The molecule has 6 heteroatoms. The van der Waals surface area contributed by atoms with E-state index >= 15 is 0 Å². The lowest BCUT2D eigenvalue weighted by molar-refractivity contribution is 0.0698. The average molecular weight is 273 g/mol. The van der Waals surface area contributed by atoms with E-state index in [1.165, 1.54) is 12.3 Å². The first-order valence-electron chi connectivity index (χ1n) is 5.92. The molecule has 0 saturated heterocycles. The van der Waals surface area contributed by atoms with E-state index in [2.05, 4.69) is 10.3 Å². The van der Waals surface area contributed by atoms with Crippen molar-refractivity contribution in [3.63, 3.8) is 0 Å². The number of nitrogens with zero attached hydrogens (tertiary/aromatic N) is 1. The number of aryl methyl sites for hydroxylation is 1. The van der Waals surface area contributed by atoms with Crippen molar-refractivity contribution in [3.05, 3.63) is 41.6 Å². The fourth-order valence-electron chi connectivity index (χ4n) is 1.81. The average Bonchev–Trinajstić information content (AvgIpc) is 2.41. The van der Waals surface area contributed by atoms with E-state index in [4.69, 9.17) is 15.6 Å². The van der Waals surface area contributed by atoms with Gasteiger partial charge in [0.05, 0.1) is 24.0 Å². The summed E-state index contributed by atoms with van der Waals surface area (Å²) in [5, 5.41) is 12.0. The number of carboxylic acid groups (broad SMARTS) is 1. The highest BCUT2D eigenvalue weighted by molar-refractivity contribution is 5.96. The number of nitrogens with one attached hydrogen (secondary N) is 1. The number of hydrogen-bond donors (Lipinski definition) is 3. The van der Waals surface area contributed by atoms with Gasteiger partial charge in [0.25, 0.3) is 0 Å². The van der Waals surface area contributed by atoms with Crippen LogP contribution in [0.5, 0.6) is 5.75 Å². The summed E-state index contributed by atoms with van der Waals surface area (Å²) in [6.07, 6.45) is 1.39. The van der Waals surface area contributed by atoms with Crippen LogP contribution in [0.25, 0.3) is 0 Å². The number of nitrogens with two attached hydrogens (primary N) is 1. The summed E-state index contributed by atoms with van der Waals surface area (Å²) < 4.78 is 5.24. The van der Waals surface area contributed by atoms with E-state index in [0.29, 0.717) is 11.4 Å². The van der Waals surface area contributed by atoms with Gasteiger partial charge in [0.15, 0.2) is 5.82 Å². The molecule has 2 aromatic rings. The Morgan fingerprint density at radius 3 is 2.80 bits per heavy atom. The Bertz CT molecular complexity index is 656. The van der Waals surface area contributed by atoms with Gasteiger partial charge in [-0.1, -0.05) is 6.07 Å². The van der Waals surface area contributed by atoms with Crippen LogP contribution in [-0.4, -0.2) is 23.2 Å². The van der Waals surface area contributed by atoms with Gasteiger partial charge in [-0.15, -0.1) is 0 Å². The topological polar surface area (TPSA) is 97.5 Å². The zero-order valence-electron chi connectivity index (χ0n) is 11.2. The van der Waals surface area contributed by atoms with E-state index in [1.807, 2.05) is 25.1 Å². The Balaban J connectivity index is 2.42. The zero-order valence-corrected chi connectivity index (χ0v) is 11.2. The lowest BCUT2D eigenvalue weighted by atomic mass is 10.2.